The molecule has 0 spiro atoms. The van der Waals surface area contributed by atoms with E-state index < -0.39 is 6.29 Å². The third-order valence-electron chi connectivity index (χ3n) is 2.01. The molecule has 0 radical (unpaired) electrons. The molecule has 15 heavy (non-hydrogen) atoms. The van der Waals surface area contributed by atoms with E-state index in [4.69, 9.17) is 9.47 Å². The van der Waals surface area contributed by atoms with Crippen LogP contribution in [0.3, 0.4) is 0 Å². The van der Waals surface area contributed by atoms with Crippen molar-refractivity contribution in [1.82, 2.24) is 15.0 Å². The molecule has 0 saturated heterocycles. The zero-order valence-electron chi connectivity index (χ0n) is 8.54. The minimum absolute atomic E-state index is 0.496. The molecule has 2 heterocycles. The lowest BCUT2D eigenvalue weighted by Crippen LogP contribution is -2.07. The van der Waals surface area contributed by atoms with Gasteiger partial charge >= 0.3 is 0 Å². The summed E-state index contributed by atoms with van der Waals surface area (Å²) in [5.41, 5.74) is 1.97. The summed E-state index contributed by atoms with van der Waals surface area (Å²) < 4.78 is 10.2. The van der Waals surface area contributed by atoms with Crippen LogP contribution in [0.15, 0.2) is 24.5 Å². The molecule has 78 valence electrons. The lowest BCUT2D eigenvalue weighted by Gasteiger charge is -2.11. The molecule has 0 aliphatic carbocycles. The van der Waals surface area contributed by atoms with Crippen LogP contribution < -0.4 is 0 Å². The summed E-state index contributed by atoms with van der Waals surface area (Å²) >= 11 is 0. The monoisotopic (exact) mass is 205 g/mol. The Balaban J connectivity index is 2.46. The van der Waals surface area contributed by atoms with E-state index in [0.717, 1.165) is 5.52 Å². The van der Waals surface area contributed by atoms with E-state index in [1.165, 1.54) is 0 Å². The van der Waals surface area contributed by atoms with Crippen LogP contribution >= 0.6 is 0 Å². The van der Waals surface area contributed by atoms with Crippen molar-refractivity contribution in [3.05, 3.63) is 30.2 Å². The van der Waals surface area contributed by atoms with Gasteiger partial charge in [0.25, 0.3) is 0 Å². The summed E-state index contributed by atoms with van der Waals surface area (Å²) in [7, 11) is 3.11. The van der Waals surface area contributed by atoms with Gasteiger partial charge in [0.15, 0.2) is 5.65 Å². The van der Waals surface area contributed by atoms with E-state index >= 15 is 0 Å². The molecular weight excluding hydrogens is 194 g/mol. The third-order valence-corrected chi connectivity index (χ3v) is 2.01. The van der Waals surface area contributed by atoms with Crippen LogP contribution in [0.25, 0.3) is 11.2 Å². The molecule has 0 aromatic carbocycles. The Morgan fingerprint density at radius 3 is 2.73 bits per heavy atom. The van der Waals surface area contributed by atoms with Crippen molar-refractivity contribution < 1.29 is 9.47 Å². The number of hydrogen-bond acceptors (Lipinski definition) is 5. The van der Waals surface area contributed by atoms with Gasteiger partial charge in [0.05, 0.1) is 6.20 Å². The highest BCUT2D eigenvalue weighted by Crippen LogP contribution is 2.15. The van der Waals surface area contributed by atoms with Crippen LogP contribution in [0.4, 0.5) is 0 Å². The van der Waals surface area contributed by atoms with Crippen LogP contribution in [0.5, 0.6) is 0 Å². The molecular formula is C10H11N3O2. The van der Waals surface area contributed by atoms with Crippen molar-refractivity contribution in [2.45, 2.75) is 6.29 Å². The van der Waals surface area contributed by atoms with Gasteiger partial charge in [-0.05, 0) is 12.1 Å². The number of ether oxygens (including phenoxy) is 2. The Morgan fingerprint density at radius 1 is 1.20 bits per heavy atom. The predicted molar refractivity (Wildman–Crippen MR) is 54.1 cm³/mol. The molecule has 0 amide bonds. The first kappa shape index (κ1) is 9.95. The van der Waals surface area contributed by atoms with Crippen molar-refractivity contribution in [3.8, 4) is 0 Å². The zero-order valence-corrected chi connectivity index (χ0v) is 8.54. The number of aromatic nitrogens is 3. The summed E-state index contributed by atoms with van der Waals surface area (Å²) in [6, 6.07) is 3.68. The minimum atomic E-state index is -0.496. The number of nitrogens with zero attached hydrogens (tertiary/aromatic N) is 3. The fraction of sp³-hybridized carbons (Fsp3) is 0.300. The van der Waals surface area contributed by atoms with Crippen LogP contribution in [0, 0.1) is 0 Å². The highest BCUT2D eigenvalue weighted by molar-refractivity contribution is 5.68. The van der Waals surface area contributed by atoms with Gasteiger partial charge in [-0.25, -0.2) is 9.97 Å². The van der Waals surface area contributed by atoms with Crippen LogP contribution in [-0.2, 0) is 9.47 Å². The standard InChI is InChI=1S/C10H11N3O2/c1-14-10(15-2)8-6-12-7-4-3-5-11-9(7)13-8/h3-6,10H,1-2H3. The van der Waals surface area contributed by atoms with Crippen molar-refractivity contribution in [2.75, 3.05) is 14.2 Å². The Kier molecular flexibility index (Phi) is 2.84. The topological polar surface area (TPSA) is 57.1 Å². The summed E-state index contributed by atoms with van der Waals surface area (Å²) in [6.07, 6.45) is 2.81. The average molecular weight is 205 g/mol. The number of fused-ring (bicyclic) bond motifs is 1. The van der Waals surface area contributed by atoms with Gasteiger partial charge in [0.2, 0.25) is 6.29 Å². The Bertz CT molecular complexity index is 457. The molecule has 2 rings (SSSR count). The van der Waals surface area contributed by atoms with Crippen molar-refractivity contribution in [1.29, 1.82) is 0 Å². The fourth-order valence-corrected chi connectivity index (χ4v) is 1.31. The molecule has 0 fully saturated rings. The number of pyridine rings is 1. The summed E-state index contributed by atoms with van der Waals surface area (Å²) in [6.45, 7) is 0. The molecule has 0 aliphatic rings. The molecule has 0 bridgehead atoms. The maximum absolute atomic E-state index is 5.08. The lowest BCUT2D eigenvalue weighted by molar-refractivity contribution is -0.108. The Labute approximate surface area is 87.1 Å². The second-order valence-electron chi connectivity index (χ2n) is 2.94. The first-order valence-electron chi connectivity index (χ1n) is 4.48. The van der Waals surface area contributed by atoms with E-state index in [0.29, 0.717) is 11.3 Å². The van der Waals surface area contributed by atoms with Gasteiger partial charge in [-0.3, -0.25) is 4.98 Å². The number of hydrogen-bond donors (Lipinski definition) is 0. The number of methoxy groups -OCH3 is 2. The maximum atomic E-state index is 5.08. The Hall–Kier alpha value is -1.59. The first-order valence-corrected chi connectivity index (χ1v) is 4.48. The van der Waals surface area contributed by atoms with E-state index in [1.807, 2.05) is 12.1 Å². The van der Waals surface area contributed by atoms with Crippen molar-refractivity contribution >= 4 is 11.2 Å². The molecule has 0 saturated carbocycles. The molecule has 5 heteroatoms. The lowest BCUT2D eigenvalue weighted by atomic mass is 10.4. The maximum Gasteiger partial charge on any atom is 0.202 e. The number of rotatable bonds is 3. The van der Waals surface area contributed by atoms with Gasteiger partial charge in [0, 0.05) is 20.4 Å². The molecule has 5 nitrogen and oxygen atoms in total. The summed E-state index contributed by atoms with van der Waals surface area (Å²) in [5.74, 6) is 0. The highest BCUT2D eigenvalue weighted by Gasteiger charge is 2.11. The molecule has 0 atom stereocenters. The van der Waals surface area contributed by atoms with E-state index in [9.17, 15) is 0 Å². The Morgan fingerprint density at radius 2 is 2.00 bits per heavy atom. The molecule has 2 aromatic heterocycles. The largest absolute Gasteiger partial charge is 0.350 e. The fourth-order valence-electron chi connectivity index (χ4n) is 1.31. The van der Waals surface area contributed by atoms with Crippen molar-refractivity contribution in [2.24, 2.45) is 0 Å². The predicted octanol–water partition coefficient (Wildman–Crippen LogP) is 1.32. The van der Waals surface area contributed by atoms with E-state index in [-0.39, 0.29) is 0 Å². The first-order chi connectivity index (χ1) is 7.35. The van der Waals surface area contributed by atoms with Crippen LogP contribution in [0.1, 0.15) is 12.0 Å². The molecule has 0 aliphatic heterocycles. The van der Waals surface area contributed by atoms with Crippen LogP contribution in [0.2, 0.25) is 0 Å². The van der Waals surface area contributed by atoms with E-state index in [2.05, 4.69) is 15.0 Å². The van der Waals surface area contributed by atoms with E-state index in [1.54, 1.807) is 26.6 Å². The zero-order chi connectivity index (χ0) is 10.7. The van der Waals surface area contributed by atoms with Crippen molar-refractivity contribution in [3.63, 3.8) is 0 Å². The van der Waals surface area contributed by atoms with Crippen LogP contribution in [-0.4, -0.2) is 29.2 Å². The van der Waals surface area contributed by atoms with Gasteiger partial charge in [-0.2, -0.15) is 0 Å². The normalized spacial score (nSPS) is 11.1. The van der Waals surface area contributed by atoms with Gasteiger partial charge in [-0.1, -0.05) is 0 Å². The average Bonchev–Trinajstić information content (AvgIpc) is 2.30. The molecule has 0 unspecified atom stereocenters. The SMILES string of the molecule is COC(OC)c1cnc2cccnc2n1. The second-order valence-corrected chi connectivity index (χ2v) is 2.94. The minimum Gasteiger partial charge on any atom is -0.350 e. The third kappa shape index (κ3) is 1.93. The van der Waals surface area contributed by atoms with Gasteiger partial charge in [0.1, 0.15) is 11.2 Å². The second kappa shape index (κ2) is 4.29. The summed E-state index contributed by atoms with van der Waals surface area (Å²) in [4.78, 5) is 12.6. The molecule has 2 aromatic rings. The van der Waals surface area contributed by atoms with Gasteiger partial charge in [-0.15, -0.1) is 0 Å². The summed E-state index contributed by atoms with van der Waals surface area (Å²) in [5, 5.41) is 0. The van der Waals surface area contributed by atoms with Gasteiger partial charge < -0.3 is 9.47 Å². The highest BCUT2D eigenvalue weighted by atomic mass is 16.7. The molecule has 0 N–H and O–H groups in total. The smallest absolute Gasteiger partial charge is 0.202 e. The quantitative estimate of drug-likeness (QED) is 0.707.